The van der Waals surface area contributed by atoms with E-state index in [0.29, 0.717) is 5.56 Å². The first kappa shape index (κ1) is 36.1. The summed E-state index contributed by atoms with van der Waals surface area (Å²) in [6.07, 6.45) is -0.599. The average Bonchev–Trinajstić information content (AvgIpc) is 3.02. The summed E-state index contributed by atoms with van der Waals surface area (Å²) in [6, 6.07) is 8.05. The monoisotopic (exact) mass is 672 g/mol. The molecule has 0 unspecified atom stereocenters. The van der Waals surface area contributed by atoms with Gasteiger partial charge in [0.25, 0.3) is 0 Å². The molecule has 0 bridgehead atoms. The number of guanidine groups is 1. The molecule has 1 saturated heterocycles. The van der Waals surface area contributed by atoms with Crippen molar-refractivity contribution in [3.63, 3.8) is 0 Å². The molecule has 2 aromatic carbocycles. The van der Waals surface area contributed by atoms with Gasteiger partial charge in [0.15, 0.2) is 5.96 Å². The molecule has 2 aromatic rings. The predicted molar refractivity (Wildman–Crippen MR) is 171 cm³/mol. The average molecular weight is 673 g/mol. The van der Waals surface area contributed by atoms with Crippen molar-refractivity contribution in [3.05, 3.63) is 48.0 Å². The molecule has 47 heavy (non-hydrogen) atoms. The fourth-order valence-corrected chi connectivity index (χ4v) is 5.72. The Morgan fingerprint density at radius 3 is 2.11 bits per heavy atom. The second-order valence-corrected chi connectivity index (χ2v) is 11.6. The summed E-state index contributed by atoms with van der Waals surface area (Å²) in [4.78, 5) is 92.3. The molecule has 1 aliphatic heterocycles. The maximum absolute atomic E-state index is 13.5. The molecule has 18 heteroatoms. The van der Waals surface area contributed by atoms with Gasteiger partial charge < -0.3 is 48.3 Å². The maximum Gasteiger partial charge on any atom is 0.327 e. The van der Waals surface area contributed by atoms with Gasteiger partial charge in [-0.2, -0.15) is 0 Å². The van der Waals surface area contributed by atoms with E-state index in [9.17, 15) is 43.8 Å². The zero-order chi connectivity index (χ0) is 34.5. The van der Waals surface area contributed by atoms with Crippen molar-refractivity contribution in [3.8, 4) is 0 Å². The number of nitrogens with one attached hydrogen (secondary N) is 5. The van der Waals surface area contributed by atoms with Crippen molar-refractivity contribution in [2.75, 3.05) is 25.4 Å². The van der Waals surface area contributed by atoms with Gasteiger partial charge in [-0.25, -0.2) is 4.79 Å². The Labute approximate surface area is 272 Å². The van der Waals surface area contributed by atoms with Crippen LogP contribution in [0.3, 0.4) is 0 Å². The Bertz CT molecular complexity index is 1550. The smallest absolute Gasteiger partial charge is 0.327 e. The highest BCUT2D eigenvalue weighted by molar-refractivity contribution is 8.00. The van der Waals surface area contributed by atoms with Crippen LogP contribution in [-0.2, 0) is 33.6 Å². The van der Waals surface area contributed by atoms with Crippen LogP contribution in [0.1, 0.15) is 30.1 Å². The molecule has 1 fully saturated rings. The van der Waals surface area contributed by atoms with Gasteiger partial charge in [-0.3, -0.25) is 33.8 Å². The molecule has 1 heterocycles. The van der Waals surface area contributed by atoms with Crippen molar-refractivity contribution < 1.29 is 43.8 Å². The lowest BCUT2D eigenvalue weighted by molar-refractivity contribution is -0.143. The molecular weight excluding hydrogens is 636 g/mol. The summed E-state index contributed by atoms with van der Waals surface area (Å²) >= 11 is 0.867. The number of nitrogens with zero attached hydrogens (tertiary/aromatic N) is 1. The number of fused-ring (bicyclic) bond motifs is 1. The number of aliphatic carboxylic acids is 2. The van der Waals surface area contributed by atoms with Crippen LogP contribution in [-0.4, -0.2) is 101 Å². The number of hydrogen-bond acceptors (Lipinski definition) is 9. The first-order chi connectivity index (χ1) is 22.3. The molecule has 1 aliphatic rings. The lowest BCUT2D eigenvalue weighted by Crippen LogP contribution is -2.55. The van der Waals surface area contributed by atoms with Crippen molar-refractivity contribution in [2.24, 2.45) is 16.5 Å². The predicted octanol–water partition coefficient (Wildman–Crippen LogP) is -2.07. The SMILES string of the molecule is NC(N)=NCCC[C@@H]1NC(=O)CNC(=O)[C@@H](c2ccc3ccccc3c2)SC[C@@H](C(=O)O)NC(=O)[C@H](CC(=O)O)NC(=O)CNC1=O. The lowest BCUT2D eigenvalue weighted by atomic mass is 10.0. The second-order valence-electron chi connectivity index (χ2n) is 10.4. The van der Waals surface area contributed by atoms with Crippen molar-refractivity contribution in [1.82, 2.24) is 26.6 Å². The summed E-state index contributed by atoms with van der Waals surface area (Å²) < 4.78 is 0. The van der Waals surface area contributed by atoms with Crippen LogP contribution in [0, 0.1) is 0 Å². The highest BCUT2D eigenvalue weighted by Crippen LogP contribution is 2.32. The van der Waals surface area contributed by atoms with Crippen LogP contribution in [0.4, 0.5) is 0 Å². The van der Waals surface area contributed by atoms with Crippen LogP contribution in [0.2, 0.25) is 0 Å². The molecule has 0 aromatic heterocycles. The molecule has 11 N–H and O–H groups in total. The minimum Gasteiger partial charge on any atom is -0.481 e. The molecular formula is C29H36N8O9S. The van der Waals surface area contributed by atoms with Crippen molar-refractivity contribution >= 4 is 70.0 Å². The molecule has 0 aliphatic carbocycles. The van der Waals surface area contributed by atoms with E-state index >= 15 is 0 Å². The van der Waals surface area contributed by atoms with Crippen molar-refractivity contribution in [2.45, 2.75) is 42.6 Å². The van der Waals surface area contributed by atoms with E-state index in [-0.39, 0.29) is 31.1 Å². The fourth-order valence-electron chi connectivity index (χ4n) is 4.53. The zero-order valence-electron chi connectivity index (χ0n) is 25.1. The number of rotatable bonds is 8. The second kappa shape index (κ2) is 17.3. The van der Waals surface area contributed by atoms with E-state index in [0.717, 1.165) is 22.5 Å². The quantitative estimate of drug-likeness (QED) is 0.0831. The molecule has 0 spiro atoms. The van der Waals surface area contributed by atoms with Crippen molar-refractivity contribution in [1.29, 1.82) is 0 Å². The Hall–Kier alpha value is -5.39. The molecule has 3 rings (SSSR count). The molecule has 0 radical (unpaired) electrons. The van der Waals surface area contributed by atoms with Gasteiger partial charge in [0.1, 0.15) is 23.4 Å². The number of benzene rings is 2. The molecule has 0 saturated carbocycles. The third-order valence-corrected chi connectivity index (χ3v) is 8.18. The standard InChI is InChI=1S/C29H36N8O9S/c30-29(31)32-9-3-6-18-25(42)33-12-22(39)36-19(11-23(40)41)26(43)37-20(28(45)46)14-47-24(27(44)34-13-21(38)35-18)17-8-7-15-4-1-2-5-16(15)10-17/h1-2,4-5,7-8,10,18-20,24H,3,6,9,11-14H2,(H,33,42)(H,34,44)(H,35,38)(H,36,39)(H,37,43)(H,40,41)(H,45,46)(H4,30,31,32)/t18-,19-,20-,24+/m0/s1. The van der Waals surface area contributed by atoms with Crippen LogP contribution in [0.5, 0.6) is 0 Å². The molecule has 252 valence electrons. The fraction of sp³-hybridized carbons (Fsp3) is 0.379. The van der Waals surface area contributed by atoms with E-state index in [1.165, 1.54) is 0 Å². The number of carboxylic acids is 2. The number of nitrogens with two attached hydrogens (primary N) is 2. The Morgan fingerprint density at radius 2 is 1.47 bits per heavy atom. The topological polar surface area (TPSA) is 284 Å². The van der Waals surface area contributed by atoms with E-state index in [2.05, 4.69) is 31.6 Å². The number of carbonyl (C=O) groups is 7. The molecule has 17 nitrogen and oxygen atoms in total. The van der Waals surface area contributed by atoms with E-state index in [1.54, 1.807) is 24.3 Å². The summed E-state index contributed by atoms with van der Waals surface area (Å²) in [5, 5.41) is 31.5. The Kier molecular flexibility index (Phi) is 13.3. The first-order valence-corrected chi connectivity index (χ1v) is 15.4. The van der Waals surface area contributed by atoms with E-state index < -0.39 is 84.4 Å². The van der Waals surface area contributed by atoms with E-state index in [4.69, 9.17) is 11.5 Å². The van der Waals surface area contributed by atoms with Crippen LogP contribution in [0.15, 0.2) is 47.5 Å². The molecule has 4 atom stereocenters. The largest absolute Gasteiger partial charge is 0.481 e. The normalized spacial score (nSPS) is 21.9. The van der Waals surface area contributed by atoms with Gasteiger partial charge >= 0.3 is 11.9 Å². The molecule has 5 amide bonds. The number of carbonyl (C=O) groups excluding carboxylic acids is 5. The highest BCUT2D eigenvalue weighted by Gasteiger charge is 2.31. The third kappa shape index (κ3) is 11.5. The van der Waals surface area contributed by atoms with Gasteiger partial charge in [0.2, 0.25) is 29.5 Å². The number of thioether (sulfide) groups is 1. The number of amides is 5. The minimum absolute atomic E-state index is 0.0418. The first-order valence-electron chi connectivity index (χ1n) is 14.4. The van der Waals surface area contributed by atoms with Gasteiger partial charge in [-0.1, -0.05) is 36.4 Å². The number of aliphatic imine (C=N–C) groups is 1. The van der Waals surface area contributed by atoms with Gasteiger partial charge in [-0.05, 0) is 35.2 Å². The van der Waals surface area contributed by atoms with Gasteiger partial charge in [-0.15, -0.1) is 11.8 Å². The Morgan fingerprint density at radius 1 is 0.830 bits per heavy atom. The Balaban J connectivity index is 1.93. The maximum atomic E-state index is 13.5. The van der Waals surface area contributed by atoms with Gasteiger partial charge in [0, 0.05) is 12.3 Å². The zero-order valence-corrected chi connectivity index (χ0v) is 25.9. The van der Waals surface area contributed by atoms with Crippen LogP contribution < -0.4 is 38.1 Å². The van der Waals surface area contributed by atoms with Gasteiger partial charge in [0.05, 0.1) is 19.5 Å². The lowest BCUT2D eigenvalue weighted by Gasteiger charge is -2.24. The number of hydrogen-bond donors (Lipinski definition) is 9. The highest BCUT2D eigenvalue weighted by atomic mass is 32.2. The van der Waals surface area contributed by atoms with Crippen LogP contribution >= 0.6 is 11.8 Å². The summed E-state index contributed by atoms with van der Waals surface area (Å²) in [5.41, 5.74) is 11.1. The summed E-state index contributed by atoms with van der Waals surface area (Å²) in [6.45, 7) is -1.12. The summed E-state index contributed by atoms with van der Waals surface area (Å²) in [5.74, 6) is -7.68. The minimum atomic E-state index is -1.70. The summed E-state index contributed by atoms with van der Waals surface area (Å²) in [7, 11) is 0. The van der Waals surface area contributed by atoms with Crippen LogP contribution in [0.25, 0.3) is 10.8 Å². The third-order valence-electron chi connectivity index (χ3n) is 6.83. The van der Waals surface area contributed by atoms with E-state index in [1.807, 2.05) is 18.2 Å². The number of carboxylic acid groups (broad SMARTS) is 2.